The van der Waals surface area contributed by atoms with Crippen molar-refractivity contribution < 1.29 is 9.53 Å². The maximum absolute atomic E-state index is 11.3. The molecule has 0 heterocycles. The molecule has 0 aromatic carbocycles. The first kappa shape index (κ1) is 12.6. The Kier molecular flexibility index (Phi) is 3.28. The number of hydrogen-bond acceptors (Lipinski definition) is 3. The fourth-order valence-corrected chi connectivity index (χ4v) is 3.50. The van der Waals surface area contributed by atoms with Crippen LogP contribution in [0.1, 0.15) is 40.5 Å². The third kappa shape index (κ3) is 2.12. The molecule has 3 aliphatic carbocycles. The van der Waals surface area contributed by atoms with Gasteiger partial charge >= 0.3 is 5.97 Å². The highest BCUT2D eigenvalue weighted by Crippen LogP contribution is 2.60. The summed E-state index contributed by atoms with van der Waals surface area (Å²) in [5.74, 6) is 1.85. The number of fused-ring (bicyclic) bond motifs is 2. The van der Waals surface area contributed by atoms with Gasteiger partial charge in [0, 0.05) is 5.71 Å². The zero-order chi connectivity index (χ0) is 12.6. The molecule has 0 aliphatic heterocycles. The monoisotopic (exact) mass is 237 g/mol. The number of carbonyl (C=O) groups excluding carboxylic acids is 1. The van der Waals surface area contributed by atoms with Crippen molar-refractivity contribution >= 4 is 11.7 Å². The predicted molar refractivity (Wildman–Crippen MR) is 68.1 cm³/mol. The van der Waals surface area contributed by atoms with Crippen LogP contribution in [0.5, 0.6) is 0 Å². The molecular weight excluding hydrogens is 214 g/mol. The summed E-state index contributed by atoms with van der Waals surface area (Å²) in [7, 11) is 0. The summed E-state index contributed by atoms with van der Waals surface area (Å²) in [6.45, 7) is 9.46. The number of hydrogen-bond donors (Lipinski definition) is 0. The Balaban J connectivity index is 1.96. The third-order valence-electron chi connectivity index (χ3n) is 4.85. The van der Waals surface area contributed by atoms with E-state index < -0.39 is 0 Å². The van der Waals surface area contributed by atoms with Crippen LogP contribution in [0.25, 0.3) is 0 Å². The summed E-state index contributed by atoms with van der Waals surface area (Å²) >= 11 is 0. The molecule has 0 aromatic rings. The second-order valence-corrected chi connectivity index (χ2v) is 5.97. The summed E-state index contributed by atoms with van der Waals surface area (Å²) < 4.78 is 4.90. The van der Waals surface area contributed by atoms with E-state index >= 15 is 0 Å². The molecule has 0 radical (unpaired) electrons. The molecule has 3 nitrogen and oxygen atoms in total. The molecule has 3 saturated carbocycles. The highest BCUT2D eigenvalue weighted by Gasteiger charge is 2.55. The maximum Gasteiger partial charge on any atom is 0.327 e. The molecule has 0 saturated heterocycles. The van der Waals surface area contributed by atoms with Crippen molar-refractivity contribution in [1.29, 1.82) is 0 Å². The Bertz CT molecular complexity index is 346. The lowest BCUT2D eigenvalue weighted by Gasteiger charge is -2.59. The van der Waals surface area contributed by atoms with E-state index in [0.717, 1.165) is 18.3 Å². The SMILES string of the molecule is CCOC(=O)C/N=C1\CC2CC(C1C)C2(C)C. The Morgan fingerprint density at radius 2 is 2.24 bits per heavy atom. The van der Waals surface area contributed by atoms with Crippen LogP contribution in [0.15, 0.2) is 4.99 Å². The van der Waals surface area contributed by atoms with Crippen molar-refractivity contribution in [3.8, 4) is 0 Å². The Labute approximate surface area is 104 Å². The van der Waals surface area contributed by atoms with Crippen LogP contribution >= 0.6 is 0 Å². The molecule has 3 heteroatoms. The Hall–Kier alpha value is -0.860. The minimum Gasteiger partial charge on any atom is -0.465 e. The fraction of sp³-hybridized carbons (Fsp3) is 0.857. The molecule has 0 aromatic heterocycles. The number of carbonyl (C=O) groups is 1. The first-order valence-corrected chi connectivity index (χ1v) is 6.65. The van der Waals surface area contributed by atoms with E-state index in [1.807, 2.05) is 6.92 Å². The summed E-state index contributed by atoms with van der Waals surface area (Å²) in [5, 5.41) is 0. The van der Waals surface area contributed by atoms with Gasteiger partial charge in [-0.3, -0.25) is 9.79 Å². The second-order valence-electron chi connectivity index (χ2n) is 5.97. The van der Waals surface area contributed by atoms with Gasteiger partial charge in [0.1, 0.15) is 6.54 Å². The van der Waals surface area contributed by atoms with E-state index in [1.54, 1.807) is 0 Å². The first-order chi connectivity index (χ1) is 7.96. The number of ether oxygens (including phenoxy) is 1. The molecule has 96 valence electrons. The largest absolute Gasteiger partial charge is 0.465 e. The van der Waals surface area contributed by atoms with Gasteiger partial charge < -0.3 is 4.74 Å². The summed E-state index contributed by atoms with van der Waals surface area (Å²) in [6, 6.07) is 0. The molecule has 3 unspecified atom stereocenters. The van der Waals surface area contributed by atoms with E-state index in [4.69, 9.17) is 4.74 Å². The molecule has 2 bridgehead atoms. The van der Waals surface area contributed by atoms with Gasteiger partial charge in [-0.15, -0.1) is 0 Å². The molecule has 3 atom stereocenters. The normalized spacial score (nSPS) is 36.5. The smallest absolute Gasteiger partial charge is 0.327 e. The lowest BCUT2D eigenvalue weighted by molar-refractivity contribution is -0.141. The quantitative estimate of drug-likeness (QED) is 0.708. The number of aliphatic imine (C=N–C) groups is 1. The van der Waals surface area contributed by atoms with Crippen LogP contribution in [0.4, 0.5) is 0 Å². The number of nitrogens with zero attached hydrogens (tertiary/aromatic N) is 1. The number of rotatable bonds is 3. The van der Waals surface area contributed by atoms with Gasteiger partial charge in [0.15, 0.2) is 0 Å². The van der Waals surface area contributed by atoms with Gasteiger partial charge in [-0.2, -0.15) is 0 Å². The number of esters is 1. The average molecular weight is 237 g/mol. The van der Waals surface area contributed by atoms with Gasteiger partial charge in [-0.1, -0.05) is 20.8 Å². The topological polar surface area (TPSA) is 38.7 Å². The van der Waals surface area contributed by atoms with Crippen molar-refractivity contribution in [2.45, 2.75) is 40.5 Å². The van der Waals surface area contributed by atoms with Crippen LogP contribution in [0, 0.1) is 23.2 Å². The molecule has 0 amide bonds. The van der Waals surface area contributed by atoms with Crippen LogP contribution in [-0.2, 0) is 9.53 Å². The highest BCUT2D eigenvalue weighted by atomic mass is 16.5. The third-order valence-corrected chi connectivity index (χ3v) is 4.85. The zero-order valence-corrected chi connectivity index (χ0v) is 11.3. The standard InChI is InChI=1S/C14H23NO2/c1-5-17-13(16)8-15-12-7-10-6-11(9(12)2)14(10,3)4/h9-11H,5-8H2,1-4H3/b15-12+. The van der Waals surface area contributed by atoms with Crippen molar-refractivity contribution in [3.63, 3.8) is 0 Å². The molecule has 3 aliphatic rings. The predicted octanol–water partition coefficient (Wildman–Crippen LogP) is 2.69. The Morgan fingerprint density at radius 3 is 2.76 bits per heavy atom. The van der Waals surface area contributed by atoms with Crippen molar-refractivity contribution in [2.75, 3.05) is 13.2 Å². The van der Waals surface area contributed by atoms with Gasteiger partial charge in [0.25, 0.3) is 0 Å². The molecular formula is C14H23NO2. The maximum atomic E-state index is 11.3. The van der Waals surface area contributed by atoms with E-state index in [9.17, 15) is 4.79 Å². The van der Waals surface area contributed by atoms with Crippen LogP contribution < -0.4 is 0 Å². The van der Waals surface area contributed by atoms with Crippen LogP contribution in [0.2, 0.25) is 0 Å². The van der Waals surface area contributed by atoms with Crippen LogP contribution in [0.3, 0.4) is 0 Å². The average Bonchev–Trinajstić information content (AvgIpc) is 2.27. The van der Waals surface area contributed by atoms with Gasteiger partial charge in [0.2, 0.25) is 0 Å². The lowest BCUT2D eigenvalue weighted by atomic mass is 9.45. The Morgan fingerprint density at radius 1 is 1.53 bits per heavy atom. The zero-order valence-electron chi connectivity index (χ0n) is 11.3. The molecule has 3 fully saturated rings. The fourth-order valence-electron chi connectivity index (χ4n) is 3.50. The molecule has 0 N–H and O–H groups in total. The van der Waals surface area contributed by atoms with Crippen molar-refractivity contribution in [3.05, 3.63) is 0 Å². The lowest BCUT2D eigenvalue weighted by Crippen LogP contribution is -2.55. The van der Waals surface area contributed by atoms with Crippen LogP contribution in [-0.4, -0.2) is 24.8 Å². The van der Waals surface area contributed by atoms with E-state index in [1.165, 1.54) is 12.1 Å². The molecule has 3 rings (SSSR count). The minimum absolute atomic E-state index is 0.202. The highest BCUT2D eigenvalue weighted by molar-refractivity contribution is 5.90. The summed E-state index contributed by atoms with van der Waals surface area (Å²) in [5.41, 5.74) is 1.71. The minimum atomic E-state index is -0.203. The first-order valence-electron chi connectivity index (χ1n) is 6.65. The second kappa shape index (κ2) is 4.43. The summed E-state index contributed by atoms with van der Waals surface area (Å²) in [4.78, 5) is 15.8. The van der Waals surface area contributed by atoms with Crippen molar-refractivity contribution in [2.24, 2.45) is 28.2 Å². The van der Waals surface area contributed by atoms with E-state index in [-0.39, 0.29) is 12.5 Å². The van der Waals surface area contributed by atoms with Gasteiger partial charge in [0.05, 0.1) is 6.61 Å². The molecule has 0 spiro atoms. The van der Waals surface area contributed by atoms with E-state index in [0.29, 0.717) is 17.9 Å². The van der Waals surface area contributed by atoms with Gasteiger partial charge in [-0.05, 0) is 42.9 Å². The summed E-state index contributed by atoms with van der Waals surface area (Å²) in [6.07, 6.45) is 2.41. The van der Waals surface area contributed by atoms with E-state index in [2.05, 4.69) is 25.8 Å². The molecule has 17 heavy (non-hydrogen) atoms. The van der Waals surface area contributed by atoms with Gasteiger partial charge in [-0.25, -0.2) is 0 Å². The van der Waals surface area contributed by atoms with Crippen molar-refractivity contribution in [1.82, 2.24) is 0 Å².